The lowest BCUT2D eigenvalue weighted by Gasteiger charge is -2.23. The van der Waals surface area contributed by atoms with Crippen LogP contribution in [-0.2, 0) is 6.42 Å². The minimum absolute atomic E-state index is 0.0726. The summed E-state index contributed by atoms with van der Waals surface area (Å²) in [5.74, 6) is -0.290. The number of thiophene rings is 1. The molecule has 3 aromatic carbocycles. The van der Waals surface area contributed by atoms with Crippen LogP contribution in [-0.4, -0.2) is 44.2 Å². The van der Waals surface area contributed by atoms with Crippen LogP contribution < -0.4 is 20.4 Å². The normalized spacial score (nSPS) is 10.6. The van der Waals surface area contributed by atoms with E-state index < -0.39 is 0 Å². The van der Waals surface area contributed by atoms with Crippen LogP contribution in [0.3, 0.4) is 0 Å². The number of rotatable bonds is 10. The maximum atomic E-state index is 12.7. The number of hydrogen-bond donors (Lipinski definition) is 3. The van der Waals surface area contributed by atoms with E-state index >= 15 is 0 Å². The Morgan fingerprint density at radius 2 is 1.50 bits per heavy atom. The summed E-state index contributed by atoms with van der Waals surface area (Å²) >= 11 is 1.42. The van der Waals surface area contributed by atoms with Gasteiger partial charge in [-0.1, -0.05) is 13.0 Å². The third-order valence-corrected chi connectivity index (χ3v) is 7.21. The van der Waals surface area contributed by atoms with E-state index in [-0.39, 0.29) is 18.4 Å². The zero-order valence-corrected chi connectivity index (χ0v) is 22.6. The SMILES string of the molecule is CCc1cc(NC(=O)c2cccs2)ccc1N(C)c1ccc(NC(=O)c2ccc(N(C)CCO)cc2)cc1. The number of amides is 2. The second kappa shape index (κ2) is 12.4. The van der Waals surface area contributed by atoms with Crippen LogP contribution in [0.4, 0.5) is 28.4 Å². The molecule has 0 aliphatic carbocycles. The Bertz CT molecular complexity index is 1370. The van der Waals surface area contributed by atoms with Crippen LogP contribution in [0.25, 0.3) is 0 Å². The van der Waals surface area contributed by atoms with E-state index in [0.29, 0.717) is 22.7 Å². The highest BCUT2D eigenvalue weighted by atomic mass is 32.1. The molecular formula is C30H32N4O3S. The highest BCUT2D eigenvalue weighted by molar-refractivity contribution is 7.12. The number of carbonyl (C=O) groups is 2. The number of hydrogen-bond acceptors (Lipinski definition) is 6. The van der Waals surface area contributed by atoms with Crippen molar-refractivity contribution in [1.82, 2.24) is 0 Å². The molecule has 0 saturated carbocycles. The van der Waals surface area contributed by atoms with Crippen LogP contribution in [0.5, 0.6) is 0 Å². The summed E-state index contributed by atoms with van der Waals surface area (Å²) in [5.41, 5.74) is 6.11. The molecule has 0 atom stereocenters. The van der Waals surface area contributed by atoms with Crippen molar-refractivity contribution in [1.29, 1.82) is 0 Å². The first-order valence-corrected chi connectivity index (χ1v) is 13.3. The van der Waals surface area contributed by atoms with Crippen molar-refractivity contribution in [3.8, 4) is 0 Å². The summed E-state index contributed by atoms with van der Waals surface area (Å²) < 4.78 is 0. The molecule has 38 heavy (non-hydrogen) atoms. The molecule has 7 nitrogen and oxygen atoms in total. The van der Waals surface area contributed by atoms with Gasteiger partial charge in [0, 0.05) is 54.6 Å². The van der Waals surface area contributed by atoms with E-state index in [9.17, 15) is 9.59 Å². The smallest absolute Gasteiger partial charge is 0.265 e. The summed E-state index contributed by atoms with van der Waals surface area (Å²) in [4.78, 5) is 29.9. The molecule has 196 valence electrons. The first-order chi connectivity index (χ1) is 18.4. The van der Waals surface area contributed by atoms with Crippen molar-refractivity contribution >= 4 is 51.6 Å². The fourth-order valence-corrected chi connectivity index (χ4v) is 4.75. The molecule has 0 saturated heterocycles. The third-order valence-electron chi connectivity index (χ3n) is 6.34. The Hall–Kier alpha value is -4.14. The Kier molecular flexibility index (Phi) is 8.78. The molecule has 0 bridgehead atoms. The van der Waals surface area contributed by atoms with Gasteiger partial charge >= 0.3 is 0 Å². The van der Waals surface area contributed by atoms with Crippen molar-refractivity contribution in [2.75, 3.05) is 47.7 Å². The second-order valence-electron chi connectivity index (χ2n) is 8.88. The van der Waals surface area contributed by atoms with Gasteiger partial charge in [0.1, 0.15) is 0 Å². The molecule has 0 aliphatic rings. The quantitative estimate of drug-likeness (QED) is 0.235. The van der Waals surface area contributed by atoms with E-state index in [1.807, 2.05) is 91.1 Å². The van der Waals surface area contributed by atoms with Gasteiger partial charge in [0.25, 0.3) is 11.8 Å². The molecule has 3 N–H and O–H groups in total. The summed E-state index contributed by atoms with van der Waals surface area (Å²) in [6.07, 6.45) is 0.811. The molecule has 8 heteroatoms. The number of nitrogens with one attached hydrogen (secondary N) is 2. The number of nitrogens with zero attached hydrogens (tertiary/aromatic N) is 2. The predicted octanol–water partition coefficient (Wildman–Crippen LogP) is 6.01. The molecule has 4 rings (SSSR count). The van der Waals surface area contributed by atoms with Crippen LogP contribution in [0, 0.1) is 0 Å². The van der Waals surface area contributed by atoms with Crippen LogP contribution in [0.1, 0.15) is 32.5 Å². The third kappa shape index (κ3) is 6.40. The minimum atomic E-state index is -0.184. The molecule has 0 aliphatic heterocycles. The van der Waals surface area contributed by atoms with E-state index in [0.717, 1.165) is 34.7 Å². The molecule has 0 fully saturated rings. The predicted molar refractivity (Wildman–Crippen MR) is 157 cm³/mol. The summed E-state index contributed by atoms with van der Waals surface area (Å²) in [6, 6.07) is 24.6. The fourth-order valence-electron chi connectivity index (χ4n) is 4.13. The van der Waals surface area contributed by atoms with Crippen molar-refractivity contribution in [3.63, 3.8) is 0 Å². The van der Waals surface area contributed by atoms with Crippen molar-refractivity contribution in [3.05, 3.63) is 100 Å². The van der Waals surface area contributed by atoms with Crippen molar-refractivity contribution in [2.45, 2.75) is 13.3 Å². The number of aliphatic hydroxyl groups excluding tert-OH is 1. The monoisotopic (exact) mass is 528 g/mol. The number of aliphatic hydroxyl groups is 1. The molecule has 1 heterocycles. The summed E-state index contributed by atoms with van der Waals surface area (Å²) in [6.45, 7) is 2.69. The van der Waals surface area contributed by atoms with Crippen molar-refractivity contribution < 1.29 is 14.7 Å². The van der Waals surface area contributed by atoms with Gasteiger partial charge < -0.3 is 25.5 Å². The van der Waals surface area contributed by atoms with Crippen LogP contribution in [0.15, 0.2) is 84.2 Å². The highest BCUT2D eigenvalue weighted by Gasteiger charge is 2.13. The molecule has 2 amide bonds. The maximum Gasteiger partial charge on any atom is 0.265 e. The molecule has 0 unspecified atom stereocenters. The average Bonchev–Trinajstić information content (AvgIpc) is 3.49. The largest absolute Gasteiger partial charge is 0.395 e. The minimum Gasteiger partial charge on any atom is -0.395 e. The lowest BCUT2D eigenvalue weighted by molar-refractivity contribution is 0.102. The number of carbonyl (C=O) groups excluding carboxylic acids is 2. The number of aryl methyl sites for hydroxylation is 1. The zero-order chi connectivity index (χ0) is 27.1. The first-order valence-electron chi connectivity index (χ1n) is 12.4. The van der Waals surface area contributed by atoms with E-state index in [4.69, 9.17) is 5.11 Å². The molecule has 0 spiro atoms. The Labute approximate surface area is 227 Å². The van der Waals surface area contributed by atoms with E-state index in [1.165, 1.54) is 11.3 Å². The zero-order valence-electron chi connectivity index (χ0n) is 21.8. The molecule has 1 aromatic heterocycles. The number of likely N-dealkylation sites (N-methyl/N-ethyl adjacent to an activating group) is 1. The molecule has 0 radical (unpaired) electrons. The Morgan fingerprint density at radius 1 is 0.842 bits per heavy atom. The number of anilines is 5. The van der Waals surface area contributed by atoms with Crippen LogP contribution >= 0.6 is 11.3 Å². The van der Waals surface area contributed by atoms with Crippen molar-refractivity contribution in [2.24, 2.45) is 0 Å². The standard InChI is InChI=1S/C30H32N4O3S/c1-4-21-20-24(32-30(37)28-6-5-19-38-28)11-16-27(21)34(3)26-14-9-23(10-15-26)31-29(36)22-7-12-25(13-8-22)33(2)17-18-35/h5-16,19-20,35H,4,17-18H2,1-3H3,(H,31,36)(H,32,37). The van der Waals surface area contributed by atoms with Gasteiger partial charge in [-0.15, -0.1) is 11.3 Å². The first kappa shape index (κ1) is 26.9. The van der Waals surface area contributed by atoms with Gasteiger partial charge in [0.2, 0.25) is 0 Å². The molecular weight excluding hydrogens is 496 g/mol. The van der Waals surface area contributed by atoms with Gasteiger partial charge in [-0.05, 0) is 90.2 Å². The average molecular weight is 529 g/mol. The topological polar surface area (TPSA) is 84.9 Å². The van der Waals surface area contributed by atoms with E-state index in [2.05, 4.69) is 22.5 Å². The second-order valence-corrected chi connectivity index (χ2v) is 9.83. The van der Waals surface area contributed by atoms with Gasteiger partial charge in [-0.3, -0.25) is 9.59 Å². The lowest BCUT2D eigenvalue weighted by Crippen LogP contribution is -2.21. The molecule has 4 aromatic rings. The van der Waals surface area contributed by atoms with Gasteiger partial charge in [0.15, 0.2) is 0 Å². The lowest BCUT2D eigenvalue weighted by atomic mass is 10.1. The van der Waals surface area contributed by atoms with Gasteiger partial charge in [-0.2, -0.15) is 0 Å². The summed E-state index contributed by atoms with van der Waals surface area (Å²) in [7, 11) is 3.90. The highest BCUT2D eigenvalue weighted by Crippen LogP contribution is 2.31. The Morgan fingerprint density at radius 3 is 2.13 bits per heavy atom. The van der Waals surface area contributed by atoms with Gasteiger partial charge in [-0.25, -0.2) is 0 Å². The number of benzene rings is 3. The Balaban J connectivity index is 1.41. The van der Waals surface area contributed by atoms with Crippen LogP contribution in [0.2, 0.25) is 0 Å². The summed E-state index contributed by atoms with van der Waals surface area (Å²) in [5, 5.41) is 16.9. The fraction of sp³-hybridized carbons (Fsp3) is 0.200. The maximum absolute atomic E-state index is 12.7. The van der Waals surface area contributed by atoms with Gasteiger partial charge in [0.05, 0.1) is 11.5 Å². The van der Waals surface area contributed by atoms with E-state index in [1.54, 1.807) is 12.1 Å².